The maximum absolute atomic E-state index is 11.4. The molecule has 1 fully saturated rings. The predicted molar refractivity (Wildman–Crippen MR) is 60.9 cm³/mol. The monoisotopic (exact) mass is 225 g/mol. The topological polar surface area (TPSA) is 66.4 Å². The lowest BCUT2D eigenvalue weighted by atomic mass is 10.0. The molecule has 0 saturated heterocycles. The summed E-state index contributed by atoms with van der Waals surface area (Å²) in [5.41, 5.74) is 0. The number of aliphatic carboxylic acids is 1. The number of hydrogen-bond donors (Lipinski definition) is 2. The number of carbonyl (C=O) groups excluding carboxylic acids is 1. The second kappa shape index (κ2) is 5.68. The van der Waals surface area contributed by atoms with Gasteiger partial charge in [0.2, 0.25) is 5.91 Å². The van der Waals surface area contributed by atoms with Crippen molar-refractivity contribution in [3.05, 3.63) is 12.2 Å². The molecule has 0 heterocycles. The second-order valence-electron chi connectivity index (χ2n) is 4.73. The molecule has 90 valence electrons. The number of amides is 1. The first kappa shape index (κ1) is 12.7. The van der Waals surface area contributed by atoms with Gasteiger partial charge < -0.3 is 10.4 Å². The van der Waals surface area contributed by atoms with E-state index in [0.29, 0.717) is 12.3 Å². The molecule has 0 aromatic carbocycles. The Bertz CT molecular complexity index is 293. The van der Waals surface area contributed by atoms with E-state index in [-0.39, 0.29) is 11.8 Å². The van der Waals surface area contributed by atoms with Crippen LogP contribution in [-0.2, 0) is 9.59 Å². The van der Waals surface area contributed by atoms with Crippen molar-refractivity contribution in [2.24, 2.45) is 11.8 Å². The molecule has 0 aromatic heterocycles. The van der Waals surface area contributed by atoms with Crippen molar-refractivity contribution in [2.75, 3.05) is 0 Å². The summed E-state index contributed by atoms with van der Waals surface area (Å²) in [6.45, 7) is 3.87. The summed E-state index contributed by atoms with van der Waals surface area (Å²) < 4.78 is 0. The second-order valence-corrected chi connectivity index (χ2v) is 4.73. The molecule has 1 unspecified atom stereocenters. The Balaban J connectivity index is 2.40. The van der Waals surface area contributed by atoms with Crippen molar-refractivity contribution in [1.29, 1.82) is 0 Å². The van der Waals surface area contributed by atoms with E-state index in [0.717, 1.165) is 12.8 Å². The quantitative estimate of drug-likeness (QED) is 0.674. The van der Waals surface area contributed by atoms with Gasteiger partial charge in [-0.25, -0.2) is 4.79 Å². The predicted octanol–water partition coefficient (Wildman–Crippen LogP) is 1.57. The molecule has 1 aliphatic carbocycles. The maximum atomic E-state index is 11.4. The van der Waals surface area contributed by atoms with E-state index in [1.165, 1.54) is 6.08 Å². The van der Waals surface area contributed by atoms with Crippen LogP contribution in [0.4, 0.5) is 0 Å². The van der Waals surface area contributed by atoms with Gasteiger partial charge in [0.25, 0.3) is 0 Å². The van der Waals surface area contributed by atoms with E-state index < -0.39 is 12.0 Å². The average molecular weight is 225 g/mol. The van der Waals surface area contributed by atoms with Crippen LogP contribution in [0.2, 0.25) is 0 Å². The minimum absolute atomic E-state index is 0.244. The number of rotatable bonds is 6. The van der Waals surface area contributed by atoms with Gasteiger partial charge in [-0.05, 0) is 37.2 Å². The Kier molecular flexibility index (Phi) is 4.52. The molecule has 0 bridgehead atoms. The summed E-state index contributed by atoms with van der Waals surface area (Å²) in [4.78, 5) is 22.3. The van der Waals surface area contributed by atoms with Gasteiger partial charge in [0.05, 0.1) is 0 Å². The van der Waals surface area contributed by atoms with E-state index in [4.69, 9.17) is 5.11 Å². The van der Waals surface area contributed by atoms with Crippen LogP contribution in [0.15, 0.2) is 12.2 Å². The molecule has 1 aliphatic rings. The molecular formula is C12H19NO3. The molecule has 0 radical (unpaired) electrons. The first-order chi connectivity index (χ1) is 7.49. The van der Waals surface area contributed by atoms with Gasteiger partial charge in [-0.3, -0.25) is 4.79 Å². The first-order valence-corrected chi connectivity index (χ1v) is 5.70. The van der Waals surface area contributed by atoms with Gasteiger partial charge >= 0.3 is 5.97 Å². The summed E-state index contributed by atoms with van der Waals surface area (Å²) in [5.74, 6) is -0.505. The van der Waals surface area contributed by atoms with Crippen molar-refractivity contribution in [2.45, 2.75) is 39.2 Å². The molecule has 4 heteroatoms. The zero-order chi connectivity index (χ0) is 12.1. The van der Waals surface area contributed by atoms with E-state index in [2.05, 4.69) is 5.32 Å². The summed E-state index contributed by atoms with van der Waals surface area (Å²) in [6.07, 6.45) is 6.03. The van der Waals surface area contributed by atoms with Gasteiger partial charge in [0.1, 0.15) is 6.04 Å². The molecule has 1 atom stereocenters. The third-order valence-electron chi connectivity index (χ3n) is 2.46. The highest BCUT2D eigenvalue weighted by Gasteiger charge is 2.21. The van der Waals surface area contributed by atoms with Gasteiger partial charge in [-0.15, -0.1) is 0 Å². The molecule has 0 aliphatic heterocycles. The summed E-state index contributed by atoms with van der Waals surface area (Å²) >= 11 is 0. The van der Waals surface area contributed by atoms with Crippen molar-refractivity contribution < 1.29 is 14.7 Å². The fraction of sp³-hybridized carbons (Fsp3) is 0.667. The molecule has 4 nitrogen and oxygen atoms in total. The fourth-order valence-electron chi connectivity index (χ4n) is 1.42. The van der Waals surface area contributed by atoms with Gasteiger partial charge in [-0.1, -0.05) is 19.9 Å². The summed E-state index contributed by atoms with van der Waals surface area (Å²) in [5, 5.41) is 11.4. The van der Waals surface area contributed by atoms with Crippen molar-refractivity contribution >= 4 is 11.9 Å². The standard InChI is InChI=1S/C12H19NO3/c1-8(2)7-10(12(15)16)13-11(14)6-5-9-3-4-9/h5-6,8-10H,3-4,7H2,1-2H3,(H,13,14)(H,15,16)/b6-5+. The summed E-state index contributed by atoms with van der Waals surface area (Å²) in [6, 6.07) is -0.781. The van der Waals surface area contributed by atoms with Gasteiger partial charge in [0, 0.05) is 0 Å². The SMILES string of the molecule is CC(C)CC(NC(=O)/C=C/C1CC1)C(=O)O. The lowest BCUT2D eigenvalue weighted by Gasteiger charge is -2.15. The molecule has 16 heavy (non-hydrogen) atoms. The number of allylic oxidation sites excluding steroid dienone is 1. The van der Waals surface area contributed by atoms with Gasteiger partial charge in [-0.2, -0.15) is 0 Å². The largest absolute Gasteiger partial charge is 0.480 e. The highest BCUT2D eigenvalue weighted by Crippen LogP contribution is 2.29. The van der Waals surface area contributed by atoms with Crippen molar-refractivity contribution in [3.8, 4) is 0 Å². The van der Waals surface area contributed by atoms with E-state index in [9.17, 15) is 9.59 Å². The Morgan fingerprint density at radius 2 is 2.06 bits per heavy atom. The molecule has 1 rings (SSSR count). The smallest absolute Gasteiger partial charge is 0.326 e. The summed E-state index contributed by atoms with van der Waals surface area (Å²) in [7, 11) is 0. The lowest BCUT2D eigenvalue weighted by molar-refractivity contribution is -0.141. The molecular weight excluding hydrogens is 206 g/mol. The zero-order valence-electron chi connectivity index (χ0n) is 9.77. The van der Waals surface area contributed by atoms with E-state index >= 15 is 0 Å². The molecule has 2 N–H and O–H groups in total. The van der Waals surface area contributed by atoms with Crippen LogP contribution in [0.25, 0.3) is 0 Å². The van der Waals surface area contributed by atoms with Crippen molar-refractivity contribution in [1.82, 2.24) is 5.32 Å². The number of carbonyl (C=O) groups is 2. The Hall–Kier alpha value is -1.32. The average Bonchev–Trinajstić information content (AvgIpc) is 2.96. The molecule has 1 amide bonds. The Morgan fingerprint density at radius 3 is 2.50 bits per heavy atom. The van der Waals surface area contributed by atoms with Gasteiger partial charge in [0.15, 0.2) is 0 Å². The third-order valence-corrected chi connectivity index (χ3v) is 2.46. The number of nitrogens with one attached hydrogen (secondary N) is 1. The maximum Gasteiger partial charge on any atom is 0.326 e. The number of carboxylic acids is 1. The van der Waals surface area contributed by atoms with Crippen LogP contribution < -0.4 is 5.32 Å². The highest BCUT2D eigenvalue weighted by atomic mass is 16.4. The Labute approximate surface area is 95.7 Å². The van der Waals surface area contributed by atoms with E-state index in [1.54, 1.807) is 0 Å². The lowest BCUT2D eigenvalue weighted by Crippen LogP contribution is -2.40. The zero-order valence-corrected chi connectivity index (χ0v) is 9.77. The molecule has 0 spiro atoms. The first-order valence-electron chi connectivity index (χ1n) is 5.70. The Morgan fingerprint density at radius 1 is 1.44 bits per heavy atom. The minimum atomic E-state index is -0.970. The fourth-order valence-corrected chi connectivity index (χ4v) is 1.42. The van der Waals surface area contributed by atoms with Crippen LogP contribution in [-0.4, -0.2) is 23.0 Å². The highest BCUT2D eigenvalue weighted by molar-refractivity contribution is 5.91. The van der Waals surface area contributed by atoms with Crippen LogP contribution in [0.3, 0.4) is 0 Å². The molecule has 0 aromatic rings. The van der Waals surface area contributed by atoms with Crippen LogP contribution in [0, 0.1) is 11.8 Å². The van der Waals surface area contributed by atoms with Crippen LogP contribution >= 0.6 is 0 Å². The van der Waals surface area contributed by atoms with E-state index in [1.807, 2.05) is 19.9 Å². The van der Waals surface area contributed by atoms with Crippen LogP contribution in [0.5, 0.6) is 0 Å². The van der Waals surface area contributed by atoms with Crippen LogP contribution in [0.1, 0.15) is 33.1 Å². The normalized spacial score (nSPS) is 17.7. The van der Waals surface area contributed by atoms with Crippen molar-refractivity contribution in [3.63, 3.8) is 0 Å². The number of hydrogen-bond acceptors (Lipinski definition) is 2. The number of carboxylic acid groups (broad SMARTS) is 1. The molecule has 1 saturated carbocycles. The third kappa shape index (κ3) is 4.96. The minimum Gasteiger partial charge on any atom is -0.480 e.